The highest BCUT2D eigenvalue weighted by atomic mass is 16.5. The minimum absolute atomic E-state index is 0.0911. The molecule has 2 fully saturated rings. The highest BCUT2D eigenvalue weighted by Crippen LogP contribution is 2.34. The molecular weight excluding hydrogens is 162 g/mol. The SMILES string of the molecule is CCC1(C)CNC2(CCCC2)CO1. The van der Waals surface area contributed by atoms with Crippen LogP contribution in [0.3, 0.4) is 0 Å². The summed E-state index contributed by atoms with van der Waals surface area (Å²) < 4.78 is 5.99. The summed E-state index contributed by atoms with van der Waals surface area (Å²) in [5.41, 5.74) is 0.447. The second-order valence-electron chi connectivity index (χ2n) is 4.93. The molecule has 2 aliphatic rings. The molecule has 13 heavy (non-hydrogen) atoms. The largest absolute Gasteiger partial charge is 0.372 e. The van der Waals surface area contributed by atoms with Gasteiger partial charge in [-0.2, -0.15) is 0 Å². The smallest absolute Gasteiger partial charge is 0.0776 e. The molecule has 0 aromatic carbocycles. The molecular formula is C11H21NO. The molecule has 1 spiro atoms. The van der Waals surface area contributed by atoms with E-state index in [1.54, 1.807) is 0 Å². The third kappa shape index (κ3) is 1.75. The van der Waals surface area contributed by atoms with E-state index in [-0.39, 0.29) is 5.60 Å². The molecule has 1 unspecified atom stereocenters. The van der Waals surface area contributed by atoms with E-state index < -0.39 is 0 Å². The van der Waals surface area contributed by atoms with Crippen LogP contribution in [-0.4, -0.2) is 24.3 Å². The standard InChI is InChI=1S/C11H21NO/c1-3-10(2)8-12-11(9-13-10)6-4-5-7-11/h12H,3-9H2,1-2H3. The Morgan fingerprint density at radius 2 is 2.00 bits per heavy atom. The zero-order valence-corrected chi connectivity index (χ0v) is 8.86. The summed E-state index contributed by atoms with van der Waals surface area (Å²) in [6.07, 6.45) is 6.48. The quantitative estimate of drug-likeness (QED) is 0.672. The van der Waals surface area contributed by atoms with E-state index in [9.17, 15) is 0 Å². The van der Waals surface area contributed by atoms with Gasteiger partial charge in [0.2, 0.25) is 0 Å². The van der Waals surface area contributed by atoms with Gasteiger partial charge in [-0.15, -0.1) is 0 Å². The molecule has 1 aliphatic carbocycles. The Kier molecular flexibility index (Phi) is 2.37. The van der Waals surface area contributed by atoms with Crippen LogP contribution in [0, 0.1) is 0 Å². The van der Waals surface area contributed by atoms with Gasteiger partial charge < -0.3 is 10.1 Å². The van der Waals surface area contributed by atoms with E-state index in [0.29, 0.717) is 5.54 Å². The van der Waals surface area contributed by atoms with Gasteiger partial charge in [-0.25, -0.2) is 0 Å². The molecule has 1 saturated carbocycles. The number of hydrogen-bond donors (Lipinski definition) is 1. The fourth-order valence-corrected chi connectivity index (χ4v) is 2.39. The fourth-order valence-electron chi connectivity index (χ4n) is 2.39. The zero-order chi connectivity index (χ0) is 9.36. The predicted octanol–water partition coefficient (Wildman–Crippen LogP) is 2.09. The maximum Gasteiger partial charge on any atom is 0.0776 e. The van der Waals surface area contributed by atoms with Crippen LogP contribution in [0.15, 0.2) is 0 Å². The predicted molar refractivity (Wildman–Crippen MR) is 53.8 cm³/mol. The maximum atomic E-state index is 5.99. The highest BCUT2D eigenvalue weighted by molar-refractivity contribution is 4.98. The lowest BCUT2D eigenvalue weighted by molar-refractivity contribution is -0.0983. The molecule has 1 saturated heterocycles. The van der Waals surface area contributed by atoms with Gasteiger partial charge in [0, 0.05) is 12.1 Å². The van der Waals surface area contributed by atoms with Gasteiger partial charge in [-0.05, 0) is 26.2 Å². The van der Waals surface area contributed by atoms with Gasteiger partial charge in [-0.1, -0.05) is 19.8 Å². The Labute approximate surface area is 81.0 Å². The Balaban J connectivity index is 1.95. The number of ether oxygens (including phenoxy) is 1. The first kappa shape index (κ1) is 9.47. The highest BCUT2D eigenvalue weighted by Gasteiger charge is 2.41. The first-order chi connectivity index (χ1) is 6.18. The van der Waals surface area contributed by atoms with E-state index in [0.717, 1.165) is 19.6 Å². The van der Waals surface area contributed by atoms with Crippen LogP contribution in [0.5, 0.6) is 0 Å². The van der Waals surface area contributed by atoms with Crippen molar-refractivity contribution in [2.24, 2.45) is 0 Å². The third-order valence-corrected chi connectivity index (χ3v) is 3.84. The molecule has 2 heteroatoms. The van der Waals surface area contributed by atoms with Gasteiger partial charge in [0.05, 0.1) is 12.2 Å². The normalized spacial score (nSPS) is 38.3. The first-order valence-corrected chi connectivity index (χ1v) is 5.57. The van der Waals surface area contributed by atoms with Crippen molar-refractivity contribution < 1.29 is 4.74 Å². The van der Waals surface area contributed by atoms with E-state index in [1.165, 1.54) is 25.7 Å². The molecule has 2 nitrogen and oxygen atoms in total. The summed E-state index contributed by atoms with van der Waals surface area (Å²) in [4.78, 5) is 0. The second kappa shape index (κ2) is 3.25. The van der Waals surface area contributed by atoms with Gasteiger partial charge >= 0.3 is 0 Å². The minimum Gasteiger partial charge on any atom is -0.372 e. The molecule has 1 heterocycles. The Morgan fingerprint density at radius 3 is 2.46 bits per heavy atom. The monoisotopic (exact) mass is 183 g/mol. The summed E-state index contributed by atoms with van der Waals surface area (Å²) in [5.74, 6) is 0. The number of nitrogens with one attached hydrogen (secondary N) is 1. The first-order valence-electron chi connectivity index (χ1n) is 5.57. The molecule has 0 amide bonds. The Morgan fingerprint density at radius 1 is 1.31 bits per heavy atom. The van der Waals surface area contributed by atoms with Crippen molar-refractivity contribution in [1.29, 1.82) is 0 Å². The van der Waals surface area contributed by atoms with E-state index in [4.69, 9.17) is 4.74 Å². The second-order valence-corrected chi connectivity index (χ2v) is 4.93. The maximum absolute atomic E-state index is 5.99. The van der Waals surface area contributed by atoms with Crippen LogP contribution >= 0.6 is 0 Å². The summed E-state index contributed by atoms with van der Waals surface area (Å²) >= 11 is 0. The molecule has 1 N–H and O–H groups in total. The van der Waals surface area contributed by atoms with Crippen LogP contribution in [-0.2, 0) is 4.74 Å². The third-order valence-electron chi connectivity index (χ3n) is 3.84. The van der Waals surface area contributed by atoms with Gasteiger partial charge in [0.25, 0.3) is 0 Å². The lowest BCUT2D eigenvalue weighted by atomic mass is 9.92. The fraction of sp³-hybridized carbons (Fsp3) is 1.00. The molecule has 0 radical (unpaired) electrons. The summed E-state index contributed by atoms with van der Waals surface area (Å²) in [7, 11) is 0. The Bertz CT molecular complexity index is 175. The summed E-state index contributed by atoms with van der Waals surface area (Å²) in [5, 5.41) is 3.71. The average Bonchev–Trinajstić information content (AvgIpc) is 2.61. The van der Waals surface area contributed by atoms with Crippen LogP contribution in [0.1, 0.15) is 46.0 Å². The van der Waals surface area contributed by atoms with Crippen LogP contribution in [0.2, 0.25) is 0 Å². The van der Waals surface area contributed by atoms with Crippen molar-refractivity contribution >= 4 is 0 Å². The summed E-state index contributed by atoms with van der Waals surface area (Å²) in [6, 6.07) is 0. The van der Waals surface area contributed by atoms with Gasteiger partial charge in [0.15, 0.2) is 0 Å². The molecule has 2 rings (SSSR count). The number of rotatable bonds is 1. The van der Waals surface area contributed by atoms with Crippen LogP contribution < -0.4 is 5.32 Å². The van der Waals surface area contributed by atoms with Crippen molar-refractivity contribution in [3.63, 3.8) is 0 Å². The van der Waals surface area contributed by atoms with Gasteiger partial charge in [-0.3, -0.25) is 0 Å². The molecule has 0 aromatic heterocycles. The molecule has 76 valence electrons. The molecule has 1 atom stereocenters. The van der Waals surface area contributed by atoms with Crippen molar-refractivity contribution in [3.8, 4) is 0 Å². The van der Waals surface area contributed by atoms with Crippen molar-refractivity contribution in [3.05, 3.63) is 0 Å². The average molecular weight is 183 g/mol. The number of morpholine rings is 1. The topological polar surface area (TPSA) is 21.3 Å². The lowest BCUT2D eigenvalue weighted by Crippen LogP contribution is -2.59. The minimum atomic E-state index is 0.0911. The van der Waals surface area contributed by atoms with E-state index in [1.807, 2.05) is 0 Å². The number of hydrogen-bond acceptors (Lipinski definition) is 2. The molecule has 0 bridgehead atoms. The van der Waals surface area contributed by atoms with Crippen LogP contribution in [0.25, 0.3) is 0 Å². The zero-order valence-electron chi connectivity index (χ0n) is 8.86. The van der Waals surface area contributed by atoms with E-state index in [2.05, 4.69) is 19.2 Å². The van der Waals surface area contributed by atoms with Gasteiger partial charge in [0.1, 0.15) is 0 Å². The Hall–Kier alpha value is -0.0800. The molecule has 1 aliphatic heterocycles. The van der Waals surface area contributed by atoms with Crippen molar-refractivity contribution in [2.45, 2.75) is 57.1 Å². The van der Waals surface area contributed by atoms with Crippen LogP contribution in [0.4, 0.5) is 0 Å². The lowest BCUT2D eigenvalue weighted by Gasteiger charge is -2.44. The van der Waals surface area contributed by atoms with Crippen molar-refractivity contribution in [2.75, 3.05) is 13.2 Å². The summed E-state index contributed by atoms with van der Waals surface area (Å²) in [6.45, 7) is 6.37. The van der Waals surface area contributed by atoms with E-state index >= 15 is 0 Å². The molecule has 0 aromatic rings. The van der Waals surface area contributed by atoms with Crippen molar-refractivity contribution in [1.82, 2.24) is 5.32 Å².